The van der Waals surface area contributed by atoms with Crippen LogP contribution in [0.15, 0.2) is 41.5 Å². The Labute approximate surface area is 344 Å². The number of anilines is 1. The lowest BCUT2D eigenvalue weighted by atomic mass is 9.92. The third kappa shape index (κ3) is 13.4. The Morgan fingerprint density at radius 1 is 0.966 bits per heavy atom. The van der Waals surface area contributed by atoms with E-state index in [-0.39, 0.29) is 49.1 Å². The smallest absolute Gasteiger partial charge is 0.245 e. The van der Waals surface area contributed by atoms with Crippen molar-refractivity contribution < 1.29 is 33.4 Å². The van der Waals surface area contributed by atoms with Crippen LogP contribution in [0.5, 0.6) is 0 Å². The van der Waals surface area contributed by atoms with Crippen LogP contribution in [-0.4, -0.2) is 135 Å². The zero-order valence-corrected chi connectivity index (χ0v) is 36.4. The van der Waals surface area contributed by atoms with Gasteiger partial charge in [0.05, 0.1) is 49.2 Å². The van der Waals surface area contributed by atoms with E-state index in [1.165, 1.54) is 19.1 Å². The summed E-state index contributed by atoms with van der Waals surface area (Å²) in [5.41, 5.74) is 16.8. The topological polar surface area (TPSA) is 224 Å². The Balaban J connectivity index is 2.27. The Bertz CT molecular complexity index is 1590. The quantitative estimate of drug-likeness (QED) is 0.0418. The van der Waals surface area contributed by atoms with Crippen molar-refractivity contribution in [2.45, 2.75) is 116 Å². The SMILES string of the molecule is C=C(CC)[C@@H]([C@@H](CC(=O)N1CCC[C@H]1[C@H](OC)[C@@H](C)C(=O)NC(CN=[N+]=[N-])C(=O)NCc1ccc(N)cc1)OC)N(C)C(=O)[C@@H](NC(=O)[C@H](C(C)C)N(C)C)C(C)C. The first kappa shape index (κ1) is 49.4. The zero-order valence-electron chi connectivity index (χ0n) is 36.4. The van der Waals surface area contributed by atoms with Crippen LogP contribution in [0, 0.1) is 17.8 Å². The highest BCUT2D eigenvalue weighted by atomic mass is 16.5. The fourth-order valence-corrected chi connectivity index (χ4v) is 7.70. The van der Waals surface area contributed by atoms with E-state index in [2.05, 4.69) is 32.6 Å². The minimum absolute atomic E-state index is 0.00989. The molecule has 324 valence electrons. The molecule has 0 radical (unpaired) electrons. The van der Waals surface area contributed by atoms with E-state index in [1.54, 1.807) is 43.1 Å². The number of benzene rings is 1. The van der Waals surface area contributed by atoms with Crippen LogP contribution in [-0.2, 0) is 40.0 Å². The molecule has 0 aliphatic carbocycles. The van der Waals surface area contributed by atoms with Gasteiger partial charge in [0.2, 0.25) is 29.5 Å². The third-order valence-electron chi connectivity index (χ3n) is 10.9. The van der Waals surface area contributed by atoms with E-state index in [1.807, 2.05) is 53.6 Å². The first-order chi connectivity index (χ1) is 27.3. The average Bonchev–Trinajstić information content (AvgIpc) is 3.66. The number of hydrogen-bond donors (Lipinski definition) is 4. The molecule has 17 heteroatoms. The molecule has 1 aliphatic rings. The predicted octanol–water partition coefficient (Wildman–Crippen LogP) is 3.25. The maximum absolute atomic E-state index is 14.2. The fourth-order valence-electron chi connectivity index (χ4n) is 7.70. The summed E-state index contributed by atoms with van der Waals surface area (Å²) in [6.45, 7) is 15.8. The highest BCUT2D eigenvalue weighted by molar-refractivity contribution is 5.91. The van der Waals surface area contributed by atoms with E-state index < -0.39 is 60.1 Å². The molecular weight excluding hydrogens is 745 g/mol. The molecule has 8 atom stereocenters. The summed E-state index contributed by atoms with van der Waals surface area (Å²) in [7, 11) is 8.26. The van der Waals surface area contributed by atoms with E-state index in [9.17, 15) is 24.0 Å². The lowest BCUT2D eigenvalue weighted by Crippen LogP contribution is -2.59. The van der Waals surface area contributed by atoms with Crippen LogP contribution in [0.25, 0.3) is 10.4 Å². The fraction of sp³-hybridized carbons (Fsp3) is 0.683. The van der Waals surface area contributed by atoms with E-state index in [0.717, 1.165) is 5.56 Å². The Morgan fingerprint density at radius 3 is 2.12 bits per heavy atom. The molecule has 1 unspecified atom stereocenters. The summed E-state index contributed by atoms with van der Waals surface area (Å²) in [5.74, 6) is -2.91. The van der Waals surface area contributed by atoms with Crippen LogP contribution in [0.3, 0.4) is 0 Å². The van der Waals surface area contributed by atoms with Crippen molar-refractivity contribution in [2.24, 2.45) is 22.9 Å². The van der Waals surface area contributed by atoms with Gasteiger partial charge in [-0.05, 0) is 68.4 Å². The van der Waals surface area contributed by atoms with Gasteiger partial charge in [0.25, 0.3) is 0 Å². The summed E-state index contributed by atoms with van der Waals surface area (Å²) in [5, 5.41) is 12.0. The van der Waals surface area contributed by atoms with E-state index in [0.29, 0.717) is 37.1 Å². The number of ether oxygens (including phenoxy) is 2. The molecule has 0 spiro atoms. The van der Waals surface area contributed by atoms with Gasteiger partial charge in [0, 0.05) is 45.0 Å². The second kappa shape index (κ2) is 23.6. The van der Waals surface area contributed by atoms with E-state index >= 15 is 0 Å². The molecule has 17 nitrogen and oxygen atoms in total. The number of likely N-dealkylation sites (N-methyl/N-ethyl adjacent to an activating group) is 2. The van der Waals surface area contributed by atoms with Gasteiger partial charge >= 0.3 is 0 Å². The maximum atomic E-state index is 14.2. The number of likely N-dealkylation sites (tertiary alicyclic amines) is 1. The highest BCUT2D eigenvalue weighted by Gasteiger charge is 2.43. The minimum Gasteiger partial charge on any atom is -0.399 e. The molecule has 0 aromatic heterocycles. The molecule has 1 aromatic carbocycles. The van der Waals surface area contributed by atoms with Gasteiger partial charge in [-0.2, -0.15) is 0 Å². The highest BCUT2D eigenvalue weighted by Crippen LogP contribution is 2.29. The summed E-state index contributed by atoms with van der Waals surface area (Å²) in [4.78, 5) is 76.5. The largest absolute Gasteiger partial charge is 0.399 e. The number of nitrogens with two attached hydrogens (primary N) is 1. The van der Waals surface area contributed by atoms with Gasteiger partial charge < -0.3 is 41.0 Å². The lowest BCUT2D eigenvalue weighted by molar-refractivity contribution is -0.145. The minimum atomic E-state index is -1.16. The molecule has 5 N–H and O–H groups in total. The van der Waals surface area contributed by atoms with Gasteiger partial charge in [-0.1, -0.05) is 70.9 Å². The Kier molecular flexibility index (Phi) is 20.2. The third-order valence-corrected chi connectivity index (χ3v) is 10.9. The standard InChI is InChI=1S/C41H68N10O7/c1-13-26(6)36(50(10)41(56)34(24(2)3)47-40(55)35(25(4)5)49(8)9)32(57-11)21-33(52)51-20-14-15-31(51)37(58-12)27(7)38(53)46-30(23-45-48-43)39(54)44-22-28-16-18-29(42)19-17-28/h16-19,24-25,27,30-32,34-37H,6,13-15,20-23,42H2,1-5,7-12H3,(H,44,54)(H,46,53)(H,47,55)/t27-,30?,31+,32-,34+,35+,36+,37-/m1/s1. The molecule has 1 fully saturated rings. The predicted molar refractivity (Wildman–Crippen MR) is 224 cm³/mol. The van der Waals surface area contributed by atoms with Gasteiger partial charge in [0.1, 0.15) is 12.1 Å². The molecule has 1 aliphatic heterocycles. The molecule has 0 saturated carbocycles. The molecular formula is C41H68N10O7. The molecule has 1 heterocycles. The van der Waals surface area contributed by atoms with Crippen molar-refractivity contribution in [1.29, 1.82) is 0 Å². The number of azide groups is 1. The number of nitrogens with zero attached hydrogens (tertiary/aromatic N) is 6. The van der Waals surface area contributed by atoms with Crippen molar-refractivity contribution in [1.82, 2.24) is 30.7 Å². The summed E-state index contributed by atoms with van der Waals surface area (Å²) in [6.07, 6.45) is 0.118. The van der Waals surface area contributed by atoms with Crippen LogP contribution in [0.1, 0.15) is 72.8 Å². The first-order valence-electron chi connectivity index (χ1n) is 20.0. The van der Waals surface area contributed by atoms with Crippen molar-refractivity contribution in [3.63, 3.8) is 0 Å². The average molecular weight is 813 g/mol. The summed E-state index contributed by atoms with van der Waals surface area (Å²) < 4.78 is 11.8. The van der Waals surface area contributed by atoms with Crippen LogP contribution in [0.2, 0.25) is 0 Å². The summed E-state index contributed by atoms with van der Waals surface area (Å²) >= 11 is 0. The molecule has 1 saturated heterocycles. The van der Waals surface area contributed by atoms with Crippen molar-refractivity contribution in [2.75, 3.05) is 54.2 Å². The number of nitrogens with one attached hydrogen (secondary N) is 3. The van der Waals surface area contributed by atoms with Crippen LogP contribution >= 0.6 is 0 Å². The van der Waals surface area contributed by atoms with Gasteiger partial charge in [0.15, 0.2) is 0 Å². The van der Waals surface area contributed by atoms with Crippen molar-refractivity contribution >= 4 is 35.2 Å². The number of hydrogen-bond acceptors (Lipinski definition) is 10. The van der Waals surface area contributed by atoms with Gasteiger partial charge in [-0.3, -0.25) is 28.9 Å². The Morgan fingerprint density at radius 2 is 1.60 bits per heavy atom. The number of rotatable bonds is 23. The lowest BCUT2D eigenvalue weighted by Gasteiger charge is -2.39. The Hall–Kier alpha value is -4.70. The van der Waals surface area contributed by atoms with Crippen LogP contribution < -0.4 is 21.7 Å². The van der Waals surface area contributed by atoms with Crippen LogP contribution in [0.4, 0.5) is 5.69 Å². The molecule has 58 heavy (non-hydrogen) atoms. The van der Waals surface area contributed by atoms with Gasteiger partial charge in [-0.25, -0.2) is 0 Å². The molecule has 0 bridgehead atoms. The number of amides is 5. The van der Waals surface area contributed by atoms with E-state index in [4.69, 9.17) is 20.7 Å². The number of carbonyl (C=O) groups excluding carboxylic acids is 5. The molecule has 1 aromatic rings. The number of nitrogen functional groups attached to an aromatic ring is 1. The monoisotopic (exact) mass is 813 g/mol. The molecule has 2 rings (SSSR count). The maximum Gasteiger partial charge on any atom is 0.245 e. The second-order valence-corrected chi connectivity index (χ2v) is 16.0. The second-order valence-electron chi connectivity index (χ2n) is 16.0. The number of methoxy groups -OCH3 is 2. The summed E-state index contributed by atoms with van der Waals surface area (Å²) in [6, 6.07) is 3.35. The normalized spacial score (nSPS) is 17.7. The zero-order chi connectivity index (χ0) is 43.9. The first-order valence-corrected chi connectivity index (χ1v) is 20.0. The van der Waals surface area contributed by atoms with Crippen molar-refractivity contribution in [3.8, 4) is 0 Å². The molecule has 5 amide bonds. The van der Waals surface area contributed by atoms with Gasteiger partial charge in [-0.15, -0.1) is 0 Å². The number of carbonyl (C=O) groups is 5. The van der Waals surface area contributed by atoms with Crippen molar-refractivity contribution in [3.05, 3.63) is 52.4 Å².